The van der Waals surface area contributed by atoms with E-state index in [2.05, 4.69) is 59.6 Å². The van der Waals surface area contributed by atoms with Crippen molar-refractivity contribution in [1.29, 1.82) is 0 Å². The summed E-state index contributed by atoms with van der Waals surface area (Å²) in [6, 6.07) is 8.32. The average Bonchev–Trinajstić information content (AvgIpc) is 2.49. The van der Waals surface area contributed by atoms with Crippen LogP contribution in [0.4, 0.5) is 17.5 Å². The van der Waals surface area contributed by atoms with Gasteiger partial charge in [-0.25, -0.2) is 4.98 Å². The molecule has 1 aromatic heterocycles. The van der Waals surface area contributed by atoms with Crippen LogP contribution in [0.5, 0.6) is 0 Å². The fraction of sp³-hybridized carbons (Fsp3) is 0.444. The topological polar surface area (TPSA) is 59.1 Å². The first-order valence-electron chi connectivity index (χ1n) is 7.96. The number of ether oxygens (including phenoxy) is 1. The van der Waals surface area contributed by atoms with Gasteiger partial charge in [-0.1, -0.05) is 32.0 Å². The summed E-state index contributed by atoms with van der Waals surface area (Å²) < 4.78 is 5.04. The van der Waals surface area contributed by atoms with E-state index in [1.807, 2.05) is 13.0 Å². The summed E-state index contributed by atoms with van der Waals surface area (Å²) in [5.74, 6) is 1.86. The molecule has 1 aromatic carbocycles. The van der Waals surface area contributed by atoms with E-state index in [9.17, 15) is 0 Å². The number of methoxy groups -OCH3 is 1. The minimum absolute atomic E-state index is 0.444. The van der Waals surface area contributed by atoms with Gasteiger partial charge in [-0.05, 0) is 30.9 Å². The van der Waals surface area contributed by atoms with Crippen LogP contribution in [-0.2, 0) is 4.74 Å². The first kappa shape index (κ1) is 17.2. The lowest BCUT2D eigenvalue weighted by molar-refractivity contribution is 0.210. The van der Waals surface area contributed by atoms with Crippen LogP contribution >= 0.6 is 0 Å². The lowest BCUT2D eigenvalue weighted by atomic mass is 9.98. The largest absolute Gasteiger partial charge is 0.383 e. The Morgan fingerprint density at radius 1 is 1.17 bits per heavy atom. The number of aryl methyl sites for hydroxylation is 2. The molecular formula is C18H26N4O. The molecule has 2 aromatic rings. The highest BCUT2D eigenvalue weighted by molar-refractivity contribution is 5.66. The second-order valence-electron chi connectivity index (χ2n) is 5.96. The number of anilines is 3. The maximum atomic E-state index is 5.04. The molecule has 0 aliphatic carbocycles. The van der Waals surface area contributed by atoms with E-state index in [4.69, 9.17) is 4.74 Å². The Balaban J connectivity index is 2.26. The van der Waals surface area contributed by atoms with E-state index in [1.54, 1.807) is 7.11 Å². The van der Waals surface area contributed by atoms with E-state index in [0.29, 0.717) is 25.0 Å². The highest BCUT2D eigenvalue weighted by atomic mass is 16.5. The van der Waals surface area contributed by atoms with Gasteiger partial charge in [0.1, 0.15) is 5.82 Å². The highest BCUT2D eigenvalue weighted by Gasteiger charge is 2.11. The maximum Gasteiger partial charge on any atom is 0.224 e. The van der Waals surface area contributed by atoms with Crippen molar-refractivity contribution >= 4 is 17.5 Å². The molecule has 0 radical (unpaired) electrons. The summed E-state index contributed by atoms with van der Waals surface area (Å²) in [5, 5.41) is 6.65. The summed E-state index contributed by atoms with van der Waals surface area (Å²) in [6.45, 7) is 9.78. The van der Waals surface area contributed by atoms with E-state index in [1.165, 1.54) is 11.1 Å². The molecule has 0 saturated heterocycles. The summed E-state index contributed by atoms with van der Waals surface area (Å²) in [7, 11) is 1.68. The summed E-state index contributed by atoms with van der Waals surface area (Å²) in [4.78, 5) is 8.96. The SMILES string of the molecule is COCCNc1nc(C)cc(Nc2c(C)cccc2C(C)C)n1. The molecular weight excluding hydrogens is 288 g/mol. The molecule has 5 nitrogen and oxygen atoms in total. The fourth-order valence-electron chi connectivity index (χ4n) is 2.45. The van der Waals surface area contributed by atoms with Crippen LogP contribution in [0.3, 0.4) is 0 Å². The third kappa shape index (κ3) is 4.66. The second-order valence-corrected chi connectivity index (χ2v) is 5.96. The molecule has 0 spiro atoms. The Kier molecular flexibility index (Phi) is 5.93. The third-order valence-electron chi connectivity index (χ3n) is 3.62. The molecule has 0 aliphatic rings. The lowest BCUT2D eigenvalue weighted by Gasteiger charge is -2.17. The zero-order chi connectivity index (χ0) is 16.8. The zero-order valence-corrected chi connectivity index (χ0v) is 14.6. The third-order valence-corrected chi connectivity index (χ3v) is 3.62. The lowest BCUT2D eigenvalue weighted by Crippen LogP contribution is -2.11. The number of para-hydroxylation sites is 1. The molecule has 0 aliphatic heterocycles. The average molecular weight is 314 g/mol. The van der Waals surface area contributed by atoms with Crippen molar-refractivity contribution in [3.05, 3.63) is 41.1 Å². The van der Waals surface area contributed by atoms with Gasteiger partial charge in [-0.15, -0.1) is 0 Å². The van der Waals surface area contributed by atoms with Gasteiger partial charge < -0.3 is 15.4 Å². The number of benzene rings is 1. The van der Waals surface area contributed by atoms with Gasteiger partial charge in [-0.2, -0.15) is 4.98 Å². The van der Waals surface area contributed by atoms with Gasteiger partial charge in [0.2, 0.25) is 5.95 Å². The van der Waals surface area contributed by atoms with Gasteiger partial charge >= 0.3 is 0 Å². The number of hydrogen-bond acceptors (Lipinski definition) is 5. The molecule has 0 atom stereocenters. The van der Waals surface area contributed by atoms with Crippen molar-refractivity contribution in [2.75, 3.05) is 30.9 Å². The van der Waals surface area contributed by atoms with E-state index >= 15 is 0 Å². The van der Waals surface area contributed by atoms with Crippen LogP contribution in [0.1, 0.15) is 36.6 Å². The molecule has 0 bridgehead atoms. The van der Waals surface area contributed by atoms with Crippen LogP contribution in [0.25, 0.3) is 0 Å². The molecule has 5 heteroatoms. The monoisotopic (exact) mass is 314 g/mol. The molecule has 0 unspecified atom stereocenters. The smallest absolute Gasteiger partial charge is 0.224 e. The minimum atomic E-state index is 0.444. The summed E-state index contributed by atoms with van der Waals surface area (Å²) in [5.41, 5.74) is 4.54. The number of nitrogens with one attached hydrogen (secondary N) is 2. The quantitative estimate of drug-likeness (QED) is 0.756. The van der Waals surface area contributed by atoms with Gasteiger partial charge in [0.05, 0.1) is 6.61 Å². The van der Waals surface area contributed by atoms with Gasteiger partial charge in [0.15, 0.2) is 0 Å². The molecule has 2 N–H and O–H groups in total. The molecule has 0 fully saturated rings. The first-order chi connectivity index (χ1) is 11.0. The Hall–Kier alpha value is -2.14. The zero-order valence-electron chi connectivity index (χ0n) is 14.6. The molecule has 0 amide bonds. The van der Waals surface area contributed by atoms with E-state index < -0.39 is 0 Å². The van der Waals surface area contributed by atoms with Crippen molar-refractivity contribution in [3.8, 4) is 0 Å². The van der Waals surface area contributed by atoms with E-state index in [-0.39, 0.29) is 0 Å². The number of aromatic nitrogens is 2. The van der Waals surface area contributed by atoms with Gasteiger partial charge in [0.25, 0.3) is 0 Å². The van der Waals surface area contributed by atoms with Crippen molar-refractivity contribution in [2.45, 2.75) is 33.6 Å². The molecule has 1 heterocycles. The Morgan fingerprint density at radius 3 is 2.65 bits per heavy atom. The van der Waals surface area contributed by atoms with Crippen molar-refractivity contribution in [3.63, 3.8) is 0 Å². The van der Waals surface area contributed by atoms with Crippen LogP contribution in [-0.4, -0.2) is 30.2 Å². The Morgan fingerprint density at radius 2 is 1.96 bits per heavy atom. The number of hydrogen-bond donors (Lipinski definition) is 2. The van der Waals surface area contributed by atoms with Crippen molar-refractivity contribution in [1.82, 2.24) is 9.97 Å². The van der Waals surface area contributed by atoms with Crippen LogP contribution in [0, 0.1) is 13.8 Å². The normalized spacial score (nSPS) is 10.9. The van der Waals surface area contributed by atoms with Crippen LogP contribution in [0.15, 0.2) is 24.3 Å². The fourth-order valence-corrected chi connectivity index (χ4v) is 2.45. The molecule has 0 saturated carbocycles. The van der Waals surface area contributed by atoms with Crippen molar-refractivity contribution < 1.29 is 4.74 Å². The second kappa shape index (κ2) is 7.92. The number of rotatable bonds is 7. The first-order valence-corrected chi connectivity index (χ1v) is 7.96. The predicted molar refractivity (Wildman–Crippen MR) is 95.7 cm³/mol. The van der Waals surface area contributed by atoms with Gasteiger partial charge in [-0.3, -0.25) is 0 Å². The van der Waals surface area contributed by atoms with E-state index in [0.717, 1.165) is 17.2 Å². The van der Waals surface area contributed by atoms with Gasteiger partial charge in [0, 0.05) is 31.1 Å². The Bertz CT molecular complexity index is 655. The minimum Gasteiger partial charge on any atom is -0.383 e. The molecule has 124 valence electrons. The Labute approximate surface area is 138 Å². The van der Waals surface area contributed by atoms with Crippen molar-refractivity contribution in [2.24, 2.45) is 0 Å². The van der Waals surface area contributed by atoms with Crippen LogP contribution < -0.4 is 10.6 Å². The predicted octanol–water partition coefficient (Wildman–Crippen LogP) is 4.02. The summed E-state index contributed by atoms with van der Waals surface area (Å²) >= 11 is 0. The number of nitrogens with zero attached hydrogens (tertiary/aromatic N) is 2. The highest BCUT2D eigenvalue weighted by Crippen LogP contribution is 2.30. The van der Waals surface area contributed by atoms with Crippen LogP contribution in [0.2, 0.25) is 0 Å². The maximum absolute atomic E-state index is 5.04. The molecule has 2 rings (SSSR count). The standard InChI is InChI=1S/C18H26N4O/c1-12(2)15-8-6-7-13(3)17(15)21-16-11-14(4)20-18(22-16)19-9-10-23-5/h6-8,11-12H,9-10H2,1-5H3,(H2,19,20,21,22). The summed E-state index contributed by atoms with van der Waals surface area (Å²) in [6.07, 6.45) is 0. The molecule has 23 heavy (non-hydrogen) atoms.